The molecule has 64 heavy (non-hydrogen) atoms. The Labute approximate surface area is 386 Å². The van der Waals surface area contributed by atoms with Crippen molar-refractivity contribution in [2.45, 2.75) is 89.3 Å². The van der Waals surface area contributed by atoms with Crippen LogP contribution < -0.4 is 9.44 Å². The van der Waals surface area contributed by atoms with Crippen LogP contribution in [0.25, 0.3) is 0 Å². The molecule has 7 rings (SSSR count). The Bertz CT molecular complexity index is 2210. The number of benzene rings is 5. The van der Waals surface area contributed by atoms with Gasteiger partial charge in [0.2, 0.25) is 20.0 Å². The van der Waals surface area contributed by atoms with E-state index in [1.165, 1.54) is 6.92 Å². The maximum atomic E-state index is 13.0. The van der Waals surface area contributed by atoms with E-state index in [0.29, 0.717) is 13.0 Å². The highest BCUT2D eigenvalue weighted by molar-refractivity contribution is 7.89. The topological polar surface area (TPSA) is 162 Å². The van der Waals surface area contributed by atoms with E-state index in [4.69, 9.17) is 0 Å². The van der Waals surface area contributed by atoms with E-state index in [2.05, 4.69) is 55.5 Å². The first-order valence-electron chi connectivity index (χ1n) is 21.8. The molecule has 11 nitrogen and oxygen atoms in total. The summed E-state index contributed by atoms with van der Waals surface area (Å²) in [5, 5.41) is 21.5. The molecule has 14 heteroatoms. The van der Waals surface area contributed by atoms with E-state index in [9.17, 15) is 31.8 Å². The van der Waals surface area contributed by atoms with Crippen LogP contribution in [0.4, 0.5) is 0 Å². The van der Waals surface area contributed by atoms with Gasteiger partial charge in [0.05, 0.1) is 35.9 Å². The fourth-order valence-electron chi connectivity index (χ4n) is 8.58. The SMILES string of the molecule is CCOC(C)=O.Cl.O=S(=O)(C[C@@H](O)C1CCCC1)NCc1ccccc1.O=S(=O)(C[C@@H](O)[C@@H]1CCCN1C(c1ccccc1)(c1ccccc1)c1ccccc1)NCc1ccccc1. The first-order valence-corrected chi connectivity index (χ1v) is 25.1. The molecule has 1 aliphatic carbocycles. The molecule has 0 amide bonds. The van der Waals surface area contributed by atoms with E-state index in [1.807, 2.05) is 115 Å². The second-order valence-corrected chi connectivity index (χ2v) is 19.7. The third-order valence-corrected chi connectivity index (χ3v) is 14.2. The Morgan fingerprint density at radius 3 is 1.36 bits per heavy atom. The highest BCUT2D eigenvalue weighted by atomic mass is 35.5. The molecule has 0 radical (unpaired) electrons. The van der Waals surface area contributed by atoms with Crippen molar-refractivity contribution in [1.82, 2.24) is 14.3 Å². The maximum absolute atomic E-state index is 13.0. The van der Waals surface area contributed by atoms with Crippen molar-refractivity contribution in [2.75, 3.05) is 24.7 Å². The third-order valence-electron chi connectivity index (χ3n) is 11.5. The average Bonchev–Trinajstić information content (AvgIpc) is 4.02. The van der Waals surface area contributed by atoms with Crippen LogP contribution >= 0.6 is 12.4 Å². The summed E-state index contributed by atoms with van der Waals surface area (Å²) in [6, 6.07) is 49.4. The van der Waals surface area contributed by atoms with Crippen molar-refractivity contribution in [2.24, 2.45) is 5.92 Å². The number of rotatable bonds is 17. The summed E-state index contributed by atoms with van der Waals surface area (Å²) in [4.78, 5) is 12.1. The number of carbonyl (C=O) groups excluding carboxylic acids is 1. The second kappa shape index (κ2) is 25.9. The van der Waals surface area contributed by atoms with Crippen molar-refractivity contribution in [3.63, 3.8) is 0 Å². The minimum absolute atomic E-state index is 0. The van der Waals surface area contributed by atoms with Crippen LogP contribution in [0, 0.1) is 5.92 Å². The summed E-state index contributed by atoms with van der Waals surface area (Å²) in [6.07, 6.45) is 3.86. The van der Waals surface area contributed by atoms with Crippen LogP contribution in [0.2, 0.25) is 0 Å². The van der Waals surface area contributed by atoms with Gasteiger partial charge in [-0.15, -0.1) is 12.4 Å². The molecule has 0 aromatic heterocycles. The molecule has 0 spiro atoms. The van der Waals surface area contributed by atoms with E-state index < -0.39 is 37.8 Å². The largest absolute Gasteiger partial charge is 0.466 e. The van der Waals surface area contributed by atoms with Crippen LogP contribution in [0.5, 0.6) is 0 Å². The lowest BCUT2D eigenvalue weighted by molar-refractivity contribution is -0.140. The number of nitrogens with one attached hydrogen (secondary N) is 2. The van der Waals surface area contributed by atoms with Crippen LogP contribution in [-0.2, 0) is 48.2 Å². The number of aliphatic hydroxyl groups excluding tert-OH is 2. The zero-order valence-electron chi connectivity index (χ0n) is 36.7. The molecule has 5 aromatic carbocycles. The first-order chi connectivity index (χ1) is 30.3. The summed E-state index contributed by atoms with van der Waals surface area (Å²) in [5.41, 5.74) is 4.36. The molecule has 346 valence electrons. The Balaban J connectivity index is 0.000000288. The van der Waals surface area contributed by atoms with Crippen molar-refractivity contribution in [3.05, 3.63) is 179 Å². The predicted octanol–water partition coefficient (Wildman–Crippen LogP) is 7.57. The van der Waals surface area contributed by atoms with Gasteiger partial charge in [-0.1, -0.05) is 165 Å². The molecular formula is C50H64ClN3O8S2. The Morgan fingerprint density at radius 1 is 0.625 bits per heavy atom. The quantitative estimate of drug-likeness (QED) is 0.0545. The number of aliphatic hydroxyl groups is 2. The van der Waals surface area contributed by atoms with E-state index >= 15 is 0 Å². The highest BCUT2D eigenvalue weighted by Gasteiger charge is 2.49. The second-order valence-electron chi connectivity index (χ2n) is 16.0. The van der Waals surface area contributed by atoms with Crippen molar-refractivity contribution in [3.8, 4) is 0 Å². The molecule has 3 atom stereocenters. The Hall–Kier alpha value is -4.44. The molecule has 5 aromatic rings. The van der Waals surface area contributed by atoms with Gasteiger partial charge in [0.1, 0.15) is 0 Å². The van der Waals surface area contributed by atoms with Crippen molar-refractivity contribution in [1.29, 1.82) is 0 Å². The van der Waals surface area contributed by atoms with Crippen LogP contribution in [-0.4, -0.2) is 80.8 Å². The van der Waals surface area contributed by atoms with Crippen LogP contribution in [0.3, 0.4) is 0 Å². The van der Waals surface area contributed by atoms with Gasteiger partial charge in [-0.25, -0.2) is 26.3 Å². The standard InChI is InChI=1S/C32H34N2O3S.C14H21NO3S.C4H8O2.ClH/c35-31(25-38(36,37)33-24-26-14-5-1-6-15-26)30-22-13-23-34(30)32(27-16-7-2-8-17-27,28-18-9-3-10-19-28)29-20-11-4-12-21-29;16-14(13-8-4-5-9-13)11-19(17,18)15-10-12-6-2-1-3-7-12;1-3-6-4(2)5;/h1-12,14-21,30-31,33,35H,13,22-25H2;1-3,6-7,13-16H,4-5,8-11H2;3H2,1-2H3;1H/t30-,31+;14-;;/m01../s1. The lowest BCUT2D eigenvalue weighted by atomic mass is 9.75. The van der Waals surface area contributed by atoms with Gasteiger partial charge in [-0.2, -0.15) is 0 Å². The zero-order chi connectivity index (χ0) is 45.1. The normalized spacial score (nSPS) is 16.5. The number of likely N-dealkylation sites (tertiary alicyclic amines) is 1. The molecule has 1 saturated heterocycles. The molecule has 0 bridgehead atoms. The van der Waals surface area contributed by atoms with E-state index in [1.54, 1.807) is 6.92 Å². The number of esters is 1. The smallest absolute Gasteiger partial charge is 0.302 e. The number of sulfonamides is 2. The molecule has 2 aliphatic rings. The molecule has 1 heterocycles. The van der Waals surface area contributed by atoms with Crippen molar-refractivity contribution < 1.29 is 36.6 Å². The summed E-state index contributed by atoms with van der Waals surface area (Å²) in [5.74, 6) is -0.606. The molecule has 0 unspecified atom stereocenters. The fourth-order valence-corrected chi connectivity index (χ4v) is 11.0. The molecule has 1 saturated carbocycles. The summed E-state index contributed by atoms with van der Waals surface area (Å²) < 4.78 is 59.5. The molecule has 2 fully saturated rings. The van der Waals surface area contributed by atoms with Crippen LogP contribution in [0.1, 0.15) is 80.2 Å². The van der Waals surface area contributed by atoms with Gasteiger partial charge in [0, 0.05) is 32.6 Å². The number of nitrogens with zero attached hydrogens (tertiary/aromatic N) is 1. The molecule has 1 aliphatic heterocycles. The number of carbonyl (C=O) groups is 1. The number of hydrogen-bond acceptors (Lipinski definition) is 9. The lowest BCUT2D eigenvalue weighted by Gasteiger charge is -2.47. The maximum Gasteiger partial charge on any atom is 0.302 e. The monoisotopic (exact) mass is 933 g/mol. The van der Waals surface area contributed by atoms with Crippen molar-refractivity contribution >= 4 is 38.4 Å². The average molecular weight is 935 g/mol. The Morgan fingerprint density at radius 2 is 1.00 bits per heavy atom. The summed E-state index contributed by atoms with van der Waals surface area (Å²) in [6.45, 7) is 4.87. The van der Waals surface area contributed by atoms with Gasteiger partial charge < -0.3 is 14.9 Å². The van der Waals surface area contributed by atoms with Gasteiger partial charge in [0.25, 0.3) is 0 Å². The minimum atomic E-state index is -3.71. The Kier molecular flexibility index (Phi) is 21.1. The zero-order valence-corrected chi connectivity index (χ0v) is 39.2. The van der Waals surface area contributed by atoms with Crippen LogP contribution in [0.15, 0.2) is 152 Å². The van der Waals surface area contributed by atoms with Gasteiger partial charge in [-0.05, 0) is 66.3 Å². The summed E-state index contributed by atoms with van der Waals surface area (Å²) in [7, 11) is -7.12. The third kappa shape index (κ3) is 15.3. The van der Waals surface area contributed by atoms with E-state index in [0.717, 1.165) is 66.5 Å². The lowest BCUT2D eigenvalue weighted by Crippen LogP contribution is -2.55. The fraction of sp³-hybridized carbons (Fsp3) is 0.380. The number of ether oxygens (including phenoxy) is 1. The minimum Gasteiger partial charge on any atom is -0.466 e. The van der Waals surface area contributed by atoms with Gasteiger partial charge in [0.15, 0.2) is 0 Å². The van der Waals surface area contributed by atoms with E-state index in [-0.39, 0.29) is 54.9 Å². The predicted molar refractivity (Wildman–Crippen MR) is 257 cm³/mol. The molecular weight excluding hydrogens is 870 g/mol. The summed E-state index contributed by atoms with van der Waals surface area (Å²) >= 11 is 0. The molecule has 4 N–H and O–H groups in total. The highest BCUT2D eigenvalue weighted by Crippen LogP contribution is 2.46. The van der Waals surface area contributed by atoms with Gasteiger partial charge >= 0.3 is 5.97 Å². The number of halogens is 1. The van der Waals surface area contributed by atoms with Gasteiger partial charge in [-0.3, -0.25) is 9.69 Å². The number of hydrogen-bond donors (Lipinski definition) is 4. The first kappa shape index (κ1) is 52.2.